The van der Waals surface area contributed by atoms with Gasteiger partial charge in [-0.1, -0.05) is 12.1 Å². The Bertz CT molecular complexity index is 554. The summed E-state index contributed by atoms with van der Waals surface area (Å²) in [5.41, 5.74) is 2.14. The van der Waals surface area contributed by atoms with Crippen LogP contribution in [0.4, 0.5) is 5.69 Å². The number of hydrogen-bond acceptors (Lipinski definition) is 4. The number of rotatable bonds is 5. The molecule has 0 spiro atoms. The van der Waals surface area contributed by atoms with Gasteiger partial charge in [0.25, 0.3) is 0 Å². The van der Waals surface area contributed by atoms with Crippen molar-refractivity contribution in [3.63, 3.8) is 0 Å². The van der Waals surface area contributed by atoms with E-state index in [9.17, 15) is 0 Å². The standard InChI is InChI=1S/C17H20N2O2/c1-5-15(19-16-6-3-9-20-13-16)10-17(7-1)21-12-14-4-2-8-18-11-14/h1-2,4-5,7-8,10-11,16,19H,3,6,9,12-13H2/t16-/m0/s1. The lowest BCUT2D eigenvalue weighted by Crippen LogP contribution is -2.29. The van der Waals surface area contributed by atoms with Crippen molar-refractivity contribution < 1.29 is 9.47 Å². The predicted octanol–water partition coefficient (Wildman–Crippen LogP) is 3.25. The molecule has 1 saturated heterocycles. The Labute approximate surface area is 125 Å². The zero-order valence-electron chi connectivity index (χ0n) is 12.0. The van der Waals surface area contributed by atoms with Gasteiger partial charge in [0.1, 0.15) is 12.4 Å². The maximum atomic E-state index is 5.81. The number of ether oxygens (including phenoxy) is 2. The van der Waals surface area contributed by atoms with Crippen molar-refractivity contribution in [1.82, 2.24) is 4.98 Å². The number of hydrogen-bond donors (Lipinski definition) is 1. The Morgan fingerprint density at radius 3 is 3.10 bits per heavy atom. The first kappa shape index (κ1) is 13.9. The van der Waals surface area contributed by atoms with Crippen molar-refractivity contribution in [1.29, 1.82) is 0 Å². The first-order valence-corrected chi connectivity index (χ1v) is 7.36. The van der Waals surface area contributed by atoms with Crippen LogP contribution in [0.3, 0.4) is 0 Å². The highest BCUT2D eigenvalue weighted by Crippen LogP contribution is 2.21. The van der Waals surface area contributed by atoms with E-state index in [1.807, 2.05) is 36.5 Å². The molecule has 1 aromatic heterocycles. The summed E-state index contributed by atoms with van der Waals surface area (Å²) in [6, 6.07) is 12.4. The van der Waals surface area contributed by atoms with Gasteiger partial charge in [-0.05, 0) is 31.0 Å². The molecule has 3 rings (SSSR count). The monoisotopic (exact) mass is 284 g/mol. The number of benzene rings is 1. The topological polar surface area (TPSA) is 43.4 Å². The first-order valence-electron chi connectivity index (χ1n) is 7.36. The highest BCUT2D eigenvalue weighted by Gasteiger charge is 2.13. The molecule has 4 nitrogen and oxygen atoms in total. The summed E-state index contributed by atoms with van der Waals surface area (Å²) in [7, 11) is 0. The summed E-state index contributed by atoms with van der Waals surface area (Å²) in [5.74, 6) is 0.862. The Balaban J connectivity index is 1.57. The third kappa shape index (κ3) is 4.20. The fourth-order valence-corrected chi connectivity index (χ4v) is 2.42. The Morgan fingerprint density at radius 2 is 2.29 bits per heavy atom. The van der Waals surface area contributed by atoms with E-state index in [1.165, 1.54) is 0 Å². The number of anilines is 1. The van der Waals surface area contributed by atoms with Crippen LogP contribution in [0.2, 0.25) is 0 Å². The van der Waals surface area contributed by atoms with Crippen LogP contribution in [-0.2, 0) is 11.3 Å². The predicted molar refractivity (Wildman–Crippen MR) is 82.5 cm³/mol. The summed E-state index contributed by atoms with van der Waals surface area (Å²) in [4.78, 5) is 4.09. The van der Waals surface area contributed by atoms with E-state index < -0.39 is 0 Å². The molecule has 0 unspecified atom stereocenters. The molecule has 2 aromatic rings. The van der Waals surface area contributed by atoms with Crippen LogP contribution < -0.4 is 10.1 Å². The van der Waals surface area contributed by atoms with Crippen molar-refractivity contribution in [3.05, 3.63) is 54.4 Å². The highest BCUT2D eigenvalue weighted by molar-refractivity contribution is 5.49. The molecule has 1 N–H and O–H groups in total. The molecule has 1 aromatic carbocycles. The van der Waals surface area contributed by atoms with Gasteiger partial charge in [-0.25, -0.2) is 0 Å². The molecule has 1 fully saturated rings. The first-order chi connectivity index (χ1) is 10.4. The number of aromatic nitrogens is 1. The maximum absolute atomic E-state index is 5.81. The van der Waals surface area contributed by atoms with E-state index in [4.69, 9.17) is 9.47 Å². The minimum atomic E-state index is 0.396. The van der Waals surface area contributed by atoms with Crippen LogP contribution in [0.5, 0.6) is 5.75 Å². The quantitative estimate of drug-likeness (QED) is 0.915. The molecular weight excluding hydrogens is 264 g/mol. The van der Waals surface area contributed by atoms with Crippen molar-refractivity contribution >= 4 is 5.69 Å². The van der Waals surface area contributed by atoms with Crippen molar-refractivity contribution in [2.24, 2.45) is 0 Å². The molecule has 0 aliphatic carbocycles. The highest BCUT2D eigenvalue weighted by atomic mass is 16.5. The van der Waals surface area contributed by atoms with Crippen molar-refractivity contribution in [2.45, 2.75) is 25.5 Å². The SMILES string of the molecule is c1cncc(COc2cccc(N[C@H]3CCCOC3)c2)c1. The third-order valence-electron chi connectivity index (χ3n) is 3.49. The van der Waals surface area contributed by atoms with Crippen molar-refractivity contribution in [2.75, 3.05) is 18.5 Å². The Morgan fingerprint density at radius 1 is 1.29 bits per heavy atom. The van der Waals surface area contributed by atoms with Crippen LogP contribution in [-0.4, -0.2) is 24.2 Å². The molecule has 4 heteroatoms. The van der Waals surface area contributed by atoms with Gasteiger partial charge in [0.15, 0.2) is 0 Å². The lowest BCUT2D eigenvalue weighted by atomic mass is 10.1. The van der Waals surface area contributed by atoms with Crippen molar-refractivity contribution in [3.8, 4) is 5.75 Å². The minimum Gasteiger partial charge on any atom is -0.489 e. The number of pyridine rings is 1. The van der Waals surface area contributed by atoms with Crippen LogP contribution in [0.25, 0.3) is 0 Å². The van der Waals surface area contributed by atoms with Crippen LogP contribution in [0.1, 0.15) is 18.4 Å². The average Bonchev–Trinajstić information content (AvgIpc) is 2.55. The van der Waals surface area contributed by atoms with Gasteiger partial charge in [0.05, 0.1) is 6.61 Å². The van der Waals surface area contributed by atoms with E-state index in [-0.39, 0.29) is 0 Å². The lowest BCUT2D eigenvalue weighted by molar-refractivity contribution is 0.0876. The number of nitrogens with zero attached hydrogens (tertiary/aromatic N) is 1. The van der Waals surface area contributed by atoms with Gasteiger partial charge in [-0.15, -0.1) is 0 Å². The van der Waals surface area contributed by atoms with E-state index in [0.717, 1.165) is 43.1 Å². The van der Waals surface area contributed by atoms with Gasteiger partial charge in [-0.3, -0.25) is 4.98 Å². The average molecular weight is 284 g/mol. The summed E-state index contributed by atoms with van der Waals surface area (Å²) in [6.45, 7) is 2.19. The molecular formula is C17H20N2O2. The van der Waals surface area contributed by atoms with E-state index in [1.54, 1.807) is 6.20 Å². The van der Waals surface area contributed by atoms with Gasteiger partial charge in [-0.2, -0.15) is 0 Å². The van der Waals surface area contributed by atoms with Gasteiger partial charge in [0.2, 0.25) is 0 Å². The Hall–Kier alpha value is -2.07. The largest absolute Gasteiger partial charge is 0.489 e. The van der Waals surface area contributed by atoms with E-state index in [0.29, 0.717) is 12.6 Å². The molecule has 0 bridgehead atoms. The second-order valence-corrected chi connectivity index (χ2v) is 5.24. The summed E-state index contributed by atoms with van der Waals surface area (Å²) < 4.78 is 11.3. The lowest BCUT2D eigenvalue weighted by Gasteiger charge is -2.24. The fraction of sp³-hybridized carbons (Fsp3) is 0.353. The zero-order chi connectivity index (χ0) is 14.3. The smallest absolute Gasteiger partial charge is 0.121 e. The normalized spacial score (nSPS) is 18.2. The van der Waals surface area contributed by atoms with Crippen LogP contribution in [0, 0.1) is 0 Å². The molecule has 21 heavy (non-hydrogen) atoms. The number of nitrogens with one attached hydrogen (secondary N) is 1. The van der Waals surface area contributed by atoms with E-state index in [2.05, 4.69) is 16.4 Å². The van der Waals surface area contributed by atoms with Gasteiger partial charge >= 0.3 is 0 Å². The van der Waals surface area contributed by atoms with Crippen LogP contribution >= 0.6 is 0 Å². The maximum Gasteiger partial charge on any atom is 0.121 e. The molecule has 1 aliphatic heterocycles. The molecule has 0 saturated carbocycles. The second-order valence-electron chi connectivity index (χ2n) is 5.24. The van der Waals surface area contributed by atoms with E-state index >= 15 is 0 Å². The second kappa shape index (κ2) is 7.09. The summed E-state index contributed by atoms with van der Waals surface area (Å²) >= 11 is 0. The molecule has 110 valence electrons. The molecule has 1 atom stereocenters. The Kier molecular flexibility index (Phi) is 4.69. The third-order valence-corrected chi connectivity index (χ3v) is 3.49. The minimum absolute atomic E-state index is 0.396. The molecule has 0 amide bonds. The summed E-state index contributed by atoms with van der Waals surface area (Å²) in [6.07, 6.45) is 5.86. The molecule has 2 heterocycles. The van der Waals surface area contributed by atoms with Crippen LogP contribution in [0.15, 0.2) is 48.8 Å². The zero-order valence-corrected chi connectivity index (χ0v) is 12.0. The summed E-state index contributed by atoms with van der Waals surface area (Å²) in [5, 5.41) is 3.50. The van der Waals surface area contributed by atoms with Gasteiger partial charge in [0, 0.05) is 42.4 Å². The molecule has 1 aliphatic rings. The van der Waals surface area contributed by atoms with Gasteiger partial charge < -0.3 is 14.8 Å². The molecule has 0 radical (unpaired) electrons. The fourth-order valence-electron chi connectivity index (χ4n) is 2.42.